The van der Waals surface area contributed by atoms with Gasteiger partial charge in [-0.05, 0) is 23.3 Å². The number of rotatable bonds is 4. The van der Waals surface area contributed by atoms with Crippen LogP contribution < -0.4 is 0 Å². The van der Waals surface area contributed by atoms with Gasteiger partial charge in [-0.3, -0.25) is 4.68 Å². The van der Waals surface area contributed by atoms with Gasteiger partial charge in [0.05, 0.1) is 16.9 Å². The highest BCUT2D eigenvalue weighted by molar-refractivity contribution is 7.17. The number of hydrogen-bond donors (Lipinski definition) is 1. The first-order chi connectivity index (χ1) is 9.72. The van der Waals surface area contributed by atoms with Crippen molar-refractivity contribution in [1.29, 1.82) is 0 Å². The zero-order chi connectivity index (χ0) is 14.1. The SMILES string of the molecule is CCCn1ncc(Cl)c1C(O)c1csc2ccccc12. The van der Waals surface area contributed by atoms with Crippen LogP contribution in [0, 0.1) is 0 Å². The lowest BCUT2D eigenvalue weighted by molar-refractivity contribution is 0.209. The molecule has 2 aromatic heterocycles. The predicted molar refractivity (Wildman–Crippen MR) is 83.4 cm³/mol. The van der Waals surface area contributed by atoms with Crippen molar-refractivity contribution in [2.45, 2.75) is 26.0 Å². The average Bonchev–Trinajstić information content (AvgIpc) is 3.03. The fourth-order valence-corrected chi connectivity index (χ4v) is 3.62. The number of aryl methyl sites for hydroxylation is 1. The van der Waals surface area contributed by atoms with E-state index in [0.717, 1.165) is 23.9 Å². The Morgan fingerprint density at radius 2 is 2.20 bits per heavy atom. The summed E-state index contributed by atoms with van der Waals surface area (Å²) in [5, 5.41) is 18.5. The summed E-state index contributed by atoms with van der Waals surface area (Å²) in [6, 6.07) is 8.07. The van der Waals surface area contributed by atoms with E-state index in [1.807, 2.05) is 23.6 Å². The standard InChI is InChI=1S/C15H15ClN2OS/c1-2-7-18-14(12(16)8-17-18)15(19)11-9-20-13-6-4-3-5-10(11)13/h3-6,8-9,15,19H,2,7H2,1H3. The second kappa shape index (κ2) is 5.56. The zero-order valence-electron chi connectivity index (χ0n) is 11.1. The van der Waals surface area contributed by atoms with Crippen molar-refractivity contribution in [2.24, 2.45) is 0 Å². The van der Waals surface area contributed by atoms with Crippen molar-refractivity contribution >= 4 is 33.0 Å². The van der Waals surface area contributed by atoms with E-state index in [1.165, 1.54) is 4.70 Å². The fraction of sp³-hybridized carbons (Fsp3) is 0.267. The van der Waals surface area contributed by atoms with Crippen molar-refractivity contribution in [3.8, 4) is 0 Å². The van der Waals surface area contributed by atoms with E-state index >= 15 is 0 Å². The molecule has 0 fully saturated rings. The molecule has 3 rings (SSSR count). The first-order valence-corrected chi connectivity index (χ1v) is 7.83. The molecule has 0 spiro atoms. The van der Waals surface area contributed by atoms with Crippen LogP contribution >= 0.6 is 22.9 Å². The summed E-state index contributed by atoms with van der Waals surface area (Å²) in [6.07, 6.45) is 1.81. The summed E-state index contributed by atoms with van der Waals surface area (Å²) in [4.78, 5) is 0. The second-order valence-electron chi connectivity index (χ2n) is 4.69. The van der Waals surface area contributed by atoms with Crippen LogP contribution in [0.2, 0.25) is 5.02 Å². The number of halogens is 1. The molecular formula is C15H15ClN2OS. The minimum atomic E-state index is -0.743. The smallest absolute Gasteiger partial charge is 0.124 e. The van der Waals surface area contributed by atoms with Crippen LogP contribution in [0.25, 0.3) is 10.1 Å². The Hall–Kier alpha value is -1.36. The molecule has 0 amide bonds. The van der Waals surface area contributed by atoms with E-state index in [0.29, 0.717) is 10.7 Å². The Morgan fingerprint density at radius 3 is 3.00 bits per heavy atom. The topological polar surface area (TPSA) is 38.0 Å². The van der Waals surface area contributed by atoms with Gasteiger partial charge in [-0.2, -0.15) is 5.10 Å². The maximum atomic E-state index is 10.7. The molecule has 0 aliphatic carbocycles. The third-order valence-corrected chi connectivity index (χ3v) is 4.61. The highest BCUT2D eigenvalue weighted by Crippen LogP contribution is 2.35. The lowest BCUT2D eigenvalue weighted by Crippen LogP contribution is -2.10. The van der Waals surface area contributed by atoms with Crippen LogP contribution in [0.1, 0.15) is 30.7 Å². The molecule has 5 heteroatoms. The van der Waals surface area contributed by atoms with Gasteiger partial charge >= 0.3 is 0 Å². The van der Waals surface area contributed by atoms with Crippen molar-refractivity contribution in [1.82, 2.24) is 9.78 Å². The van der Waals surface area contributed by atoms with E-state index in [2.05, 4.69) is 18.1 Å². The fourth-order valence-electron chi connectivity index (χ4n) is 2.39. The average molecular weight is 307 g/mol. The van der Waals surface area contributed by atoms with Crippen LogP contribution in [0.3, 0.4) is 0 Å². The van der Waals surface area contributed by atoms with Crippen LogP contribution in [0.15, 0.2) is 35.8 Å². The van der Waals surface area contributed by atoms with Gasteiger partial charge in [0.2, 0.25) is 0 Å². The molecule has 1 atom stereocenters. The first-order valence-electron chi connectivity index (χ1n) is 6.57. The molecule has 1 aromatic carbocycles. The quantitative estimate of drug-likeness (QED) is 0.783. The van der Waals surface area contributed by atoms with E-state index in [9.17, 15) is 5.11 Å². The van der Waals surface area contributed by atoms with Gasteiger partial charge in [0.15, 0.2) is 0 Å². The van der Waals surface area contributed by atoms with E-state index < -0.39 is 6.10 Å². The van der Waals surface area contributed by atoms with Crippen molar-refractivity contribution in [3.63, 3.8) is 0 Å². The molecule has 1 unspecified atom stereocenters. The Labute approximate surface area is 126 Å². The molecule has 3 aromatic rings. The number of aromatic nitrogens is 2. The lowest BCUT2D eigenvalue weighted by Gasteiger charge is -2.13. The molecule has 0 aliphatic heterocycles. The summed E-state index contributed by atoms with van der Waals surface area (Å²) in [5.41, 5.74) is 1.57. The third-order valence-electron chi connectivity index (χ3n) is 3.33. The molecule has 0 bridgehead atoms. The minimum Gasteiger partial charge on any atom is -0.382 e. The largest absolute Gasteiger partial charge is 0.382 e. The Kier molecular flexibility index (Phi) is 3.78. The third kappa shape index (κ3) is 2.24. The van der Waals surface area contributed by atoms with Gasteiger partial charge in [-0.15, -0.1) is 11.3 Å². The number of aliphatic hydroxyl groups is 1. The molecule has 1 N–H and O–H groups in total. The summed E-state index contributed by atoms with van der Waals surface area (Å²) >= 11 is 7.84. The van der Waals surface area contributed by atoms with E-state index in [4.69, 9.17) is 11.6 Å². The lowest BCUT2D eigenvalue weighted by atomic mass is 10.1. The van der Waals surface area contributed by atoms with Crippen LogP contribution in [0.4, 0.5) is 0 Å². The molecule has 0 saturated heterocycles. The van der Waals surface area contributed by atoms with Crippen molar-refractivity contribution in [3.05, 3.63) is 52.1 Å². The van der Waals surface area contributed by atoms with Crippen LogP contribution in [-0.2, 0) is 6.54 Å². The normalized spacial score (nSPS) is 12.9. The second-order valence-corrected chi connectivity index (χ2v) is 6.01. The number of thiophene rings is 1. The molecule has 20 heavy (non-hydrogen) atoms. The maximum absolute atomic E-state index is 10.7. The number of nitrogens with zero attached hydrogens (tertiary/aromatic N) is 2. The number of benzene rings is 1. The van der Waals surface area contributed by atoms with Gasteiger partial charge in [-0.25, -0.2) is 0 Å². The Morgan fingerprint density at radius 1 is 1.40 bits per heavy atom. The highest BCUT2D eigenvalue weighted by atomic mass is 35.5. The van der Waals surface area contributed by atoms with Gasteiger partial charge in [-0.1, -0.05) is 36.7 Å². The monoisotopic (exact) mass is 306 g/mol. The van der Waals surface area contributed by atoms with Gasteiger partial charge in [0, 0.05) is 16.8 Å². The molecule has 0 radical (unpaired) electrons. The van der Waals surface area contributed by atoms with Crippen LogP contribution in [0.5, 0.6) is 0 Å². The Balaban J connectivity index is 2.08. The van der Waals surface area contributed by atoms with E-state index in [-0.39, 0.29) is 0 Å². The van der Waals surface area contributed by atoms with Crippen molar-refractivity contribution < 1.29 is 5.11 Å². The Bertz CT molecular complexity index is 734. The summed E-state index contributed by atoms with van der Waals surface area (Å²) in [5.74, 6) is 0. The predicted octanol–water partition coefficient (Wildman–Crippen LogP) is 4.24. The zero-order valence-corrected chi connectivity index (χ0v) is 12.7. The first kappa shape index (κ1) is 13.6. The summed E-state index contributed by atoms with van der Waals surface area (Å²) < 4.78 is 2.96. The van der Waals surface area contributed by atoms with Gasteiger partial charge in [0.25, 0.3) is 0 Å². The highest BCUT2D eigenvalue weighted by Gasteiger charge is 2.22. The molecule has 3 nitrogen and oxygen atoms in total. The molecule has 0 aliphatic rings. The number of fused-ring (bicyclic) bond motifs is 1. The van der Waals surface area contributed by atoms with Gasteiger partial charge in [0.1, 0.15) is 6.10 Å². The van der Waals surface area contributed by atoms with Gasteiger partial charge < -0.3 is 5.11 Å². The summed E-state index contributed by atoms with van der Waals surface area (Å²) in [7, 11) is 0. The molecule has 2 heterocycles. The van der Waals surface area contributed by atoms with E-state index in [1.54, 1.807) is 22.2 Å². The number of aliphatic hydroxyl groups excluding tert-OH is 1. The van der Waals surface area contributed by atoms with Crippen molar-refractivity contribution in [2.75, 3.05) is 0 Å². The minimum absolute atomic E-state index is 0.515. The molecule has 104 valence electrons. The maximum Gasteiger partial charge on any atom is 0.124 e. The number of hydrogen-bond acceptors (Lipinski definition) is 3. The summed E-state index contributed by atoms with van der Waals surface area (Å²) in [6.45, 7) is 2.83. The molecular weight excluding hydrogens is 292 g/mol. The molecule has 0 saturated carbocycles. The van der Waals surface area contributed by atoms with Crippen LogP contribution in [-0.4, -0.2) is 14.9 Å².